The molecule has 0 saturated carbocycles. The van der Waals surface area contributed by atoms with Crippen molar-refractivity contribution in [2.24, 2.45) is 5.92 Å². The van der Waals surface area contributed by atoms with Crippen LogP contribution in [0.4, 0.5) is 13.2 Å². The molecule has 9 nitrogen and oxygen atoms in total. The largest absolute Gasteiger partial charge is 0.522 e. The predicted molar refractivity (Wildman–Crippen MR) is 448 cm³/mol. The minimum atomic E-state index is -5.84. The second-order valence-corrected chi connectivity index (χ2v) is 39.7. The number of hydrogen-bond acceptors (Lipinski definition) is 8. The summed E-state index contributed by atoms with van der Waals surface area (Å²) in [5.41, 5.74) is 5.85. The number of rotatable bonds is 8. The minimum absolute atomic E-state index is 0. The van der Waals surface area contributed by atoms with E-state index in [9.17, 15) is 13.2 Å². The van der Waals surface area contributed by atoms with Gasteiger partial charge in [0.15, 0.2) is 0 Å². The summed E-state index contributed by atoms with van der Waals surface area (Å²) >= 11 is 3.27. The van der Waals surface area contributed by atoms with Gasteiger partial charge in [-0.2, -0.15) is 21.6 Å². The molecule has 0 amide bonds. The van der Waals surface area contributed by atoms with Gasteiger partial charge in [-0.05, 0) is 153 Å². The van der Waals surface area contributed by atoms with E-state index in [-0.39, 0.29) is 43.4 Å². The maximum absolute atomic E-state index is 10.7. The Hall–Kier alpha value is -8.39. The standard InChI is InChI=1S/C30H31NSi.C27H25NSi.2C11H8N.C3H7Br.CHF3O3S.2CH4O.2CH4.B.Ir/c1-20(2)16-22-18-29(31-19-30(22)32(3,4)5)21-14-15-27-25-12-7-6-10-23(25)24-11-8-9-13-26(24)28(27)17-21;1-18-15-26(28-17-27(18)29(2,3)4)19-13-14-24-22-11-6-5-9-20(22)21-10-7-8-12-23(21)25(24)16-19;2*1-2-6-10(7-3-1)11-8-4-5-9-12-11;1-3(2)4;2-1(3,4)8(5,6)7;2*1-2;;;;/h6-15,17-20H,16H2,1-5H3;5-17H,1-4H3;2*1-6,8-9H;3H,1-2H3;(H,5,6,7);2*2H,1H3;2*1H4;;/q;;2*-1;;;;;;;;. The van der Waals surface area contributed by atoms with Crippen LogP contribution in [0.2, 0.25) is 39.3 Å². The van der Waals surface area contributed by atoms with E-state index in [0.717, 1.165) is 54.5 Å². The first kappa shape index (κ1) is 90.8. The van der Waals surface area contributed by atoms with Crippen molar-refractivity contribution in [1.82, 2.24) is 19.9 Å². The van der Waals surface area contributed by atoms with E-state index in [1.54, 1.807) is 12.4 Å². The van der Waals surface area contributed by atoms with Gasteiger partial charge in [-0.1, -0.05) is 243 Å². The maximum atomic E-state index is 10.7. The number of nitrogens with zero attached hydrogens (tertiary/aromatic N) is 4. The zero-order chi connectivity index (χ0) is 73.7. The van der Waals surface area contributed by atoms with Crippen LogP contribution < -0.4 is 10.4 Å². The first-order valence-corrected chi connectivity index (χ1v) is 42.5. The minimum Gasteiger partial charge on any atom is -0.400 e. The second-order valence-electron chi connectivity index (χ2n) is 26.3. The van der Waals surface area contributed by atoms with Crippen LogP contribution in [0.15, 0.2) is 255 Å². The molecule has 0 fully saturated rings. The van der Waals surface area contributed by atoms with Gasteiger partial charge in [0, 0.05) is 83.5 Å². The van der Waals surface area contributed by atoms with Crippen LogP contribution in [-0.2, 0) is 36.6 Å². The average molecular weight is 1710 g/mol. The first-order valence-electron chi connectivity index (χ1n) is 33.1. The van der Waals surface area contributed by atoms with Crippen LogP contribution >= 0.6 is 15.9 Å². The third-order valence-electron chi connectivity index (χ3n) is 16.0. The molecule has 10 aromatic carbocycles. The molecule has 4 heterocycles. The monoisotopic (exact) mass is 1700 g/mol. The number of pyridine rings is 4. The van der Waals surface area contributed by atoms with E-state index in [1.807, 2.05) is 84.9 Å². The van der Waals surface area contributed by atoms with Gasteiger partial charge >= 0.3 is 15.6 Å². The fourth-order valence-electron chi connectivity index (χ4n) is 11.7. The summed E-state index contributed by atoms with van der Waals surface area (Å²) in [5.74, 6) is 0.632. The number of fused-ring (bicyclic) bond motifs is 12. The normalized spacial score (nSPS) is 10.8. The molecule has 14 aromatic rings. The van der Waals surface area contributed by atoms with Crippen molar-refractivity contribution in [1.29, 1.82) is 0 Å². The topological polar surface area (TPSA) is 146 Å². The average Bonchev–Trinajstić information content (AvgIpc) is 0.748. The quantitative estimate of drug-likeness (QED) is 0.0338. The van der Waals surface area contributed by atoms with Gasteiger partial charge in [-0.25, -0.2) is 0 Å². The molecule has 0 spiro atoms. The number of halogens is 4. The molecule has 18 heteroatoms. The van der Waals surface area contributed by atoms with E-state index in [2.05, 4.69) is 270 Å². The summed E-state index contributed by atoms with van der Waals surface area (Å²) in [6.07, 6.45) is 8.96. The van der Waals surface area contributed by atoms with Crippen LogP contribution in [0.5, 0.6) is 0 Å². The number of benzene rings is 10. The van der Waals surface area contributed by atoms with Gasteiger partial charge in [0.2, 0.25) is 0 Å². The Morgan fingerprint density at radius 3 is 1.01 bits per heavy atom. The molecule has 14 rings (SSSR count). The van der Waals surface area contributed by atoms with Crippen molar-refractivity contribution < 1.29 is 56.5 Å². The summed E-state index contributed by atoms with van der Waals surface area (Å²) in [7, 11) is -6.66. The van der Waals surface area contributed by atoms with Gasteiger partial charge in [0.25, 0.3) is 0 Å². The van der Waals surface area contributed by atoms with Crippen LogP contribution in [0, 0.1) is 25.0 Å². The van der Waals surface area contributed by atoms with E-state index in [0.29, 0.717) is 10.7 Å². The molecule has 0 unspecified atom stereocenters. The third kappa shape index (κ3) is 24.6. The molecule has 0 aliphatic carbocycles. The molecule has 105 heavy (non-hydrogen) atoms. The van der Waals surface area contributed by atoms with Crippen molar-refractivity contribution in [3.8, 4) is 45.0 Å². The maximum Gasteiger partial charge on any atom is 0.522 e. The Morgan fingerprint density at radius 1 is 0.438 bits per heavy atom. The van der Waals surface area contributed by atoms with E-state index in [1.165, 1.54) is 97.3 Å². The Kier molecular flexibility index (Phi) is 36.4. The SMILES string of the molecule is C.C.CC(C)Br.CC(C)Cc1cc(-c2ccc3c4ccccc4c4ccccc4c3c2)ncc1[Si](C)(C)C.CO.CO.Cc1cc(-c2ccc3c4ccccc4c4ccccc4c3c2)ncc1[Si](C)(C)C.O=S(=O)(O)C(F)(F)F.[B].[Ir].[c-]1ccccc1-c1ccccn1.[c-]1ccccc1-c1ccccn1. The summed E-state index contributed by atoms with van der Waals surface area (Å²) in [5, 5.41) is 32.7. The van der Waals surface area contributed by atoms with Crippen molar-refractivity contribution in [3.63, 3.8) is 0 Å². The predicted octanol–water partition coefficient (Wildman–Crippen LogP) is 22.4. The van der Waals surface area contributed by atoms with Gasteiger partial charge in [0.05, 0.1) is 27.5 Å². The summed E-state index contributed by atoms with van der Waals surface area (Å²) < 4.78 is 57.5. The Bertz CT molecular complexity index is 4900. The van der Waals surface area contributed by atoms with Crippen molar-refractivity contribution >= 4 is 126 Å². The van der Waals surface area contributed by atoms with Crippen molar-refractivity contribution in [2.75, 3.05) is 14.2 Å². The van der Waals surface area contributed by atoms with Crippen molar-refractivity contribution in [3.05, 3.63) is 279 Å². The number of aliphatic hydroxyl groups is 2. The zero-order valence-corrected chi connectivity index (χ0v) is 67.2. The smallest absolute Gasteiger partial charge is 0.400 e. The van der Waals surface area contributed by atoms with Gasteiger partial charge < -0.3 is 20.2 Å². The second kappa shape index (κ2) is 42.1. The van der Waals surface area contributed by atoms with Crippen LogP contribution in [0.3, 0.4) is 0 Å². The molecule has 0 saturated heterocycles. The van der Waals surface area contributed by atoms with E-state index in [4.69, 9.17) is 33.2 Å². The molecule has 0 atom stereocenters. The Balaban J connectivity index is 0.000000355. The fraction of sp³-hybridized carbons (Fsp3) is 0.218. The molecule has 550 valence electrons. The number of hydrogen-bond donors (Lipinski definition) is 3. The molecular formula is C87H96BBrF3IrN4O5SSi2-2. The Morgan fingerprint density at radius 2 is 0.733 bits per heavy atom. The molecule has 4 aromatic heterocycles. The van der Waals surface area contributed by atoms with Gasteiger partial charge in [-0.15, -0.1) is 71.8 Å². The molecular weight excluding hydrogens is 1610 g/mol. The van der Waals surface area contributed by atoms with Crippen LogP contribution in [0.1, 0.15) is 53.7 Å². The zero-order valence-electron chi connectivity index (χ0n) is 60.4. The first-order chi connectivity index (χ1) is 48.2. The number of aliphatic hydroxyl groups excluding tert-OH is 2. The van der Waals surface area contributed by atoms with Crippen LogP contribution in [-0.4, -0.2) is 92.2 Å². The number of aryl methyl sites for hydroxylation is 1. The number of aromatic nitrogens is 4. The van der Waals surface area contributed by atoms with E-state index < -0.39 is 31.8 Å². The molecule has 0 aliphatic rings. The van der Waals surface area contributed by atoms with Crippen LogP contribution in [0.25, 0.3) is 110 Å². The molecule has 3 N–H and O–H groups in total. The van der Waals surface area contributed by atoms with E-state index >= 15 is 0 Å². The van der Waals surface area contributed by atoms with Crippen molar-refractivity contribution in [2.45, 2.75) is 106 Å². The van der Waals surface area contributed by atoms with Gasteiger partial charge in [0.1, 0.15) is 0 Å². The molecule has 4 radical (unpaired) electrons. The Labute approximate surface area is 646 Å². The number of alkyl halides is 4. The fourth-order valence-corrected chi connectivity index (χ4v) is 15.0. The molecule has 0 bridgehead atoms. The summed E-state index contributed by atoms with van der Waals surface area (Å²) in [6, 6.07) is 86.9. The molecule has 0 aliphatic heterocycles. The third-order valence-corrected chi connectivity index (χ3v) is 20.8. The van der Waals surface area contributed by atoms with Gasteiger partial charge in [-0.3, -0.25) is 14.5 Å². The summed E-state index contributed by atoms with van der Waals surface area (Å²) in [4.78, 5) is 18.9. The summed E-state index contributed by atoms with van der Waals surface area (Å²) in [6.45, 7) is 25.4.